The quantitative estimate of drug-likeness (QED) is 0.261. The second kappa shape index (κ2) is 7.71. The molecule has 0 unspecified atom stereocenters. The second-order valence-electron chi connectivity index (χ2n) is 7.22. The molecule has 1 fully saturated rings. The van der Waals surface area contributed by atoms with Gasteiger partial charge < -0.3 is 16.4 Å². The second-order valence-corrected chi connectivity index (χ2v) is 9.85. The lowest BCUT2D eigenvalue weighted by Crippen LogP contribution is -2.41. The number of nitrogens with zero attached hydrogens (tertiary/aromatic N) is 1. The van der Waals surface area contributed by atoms with Gasteiger partial charge in [-0.2, -0.15) is 4.72 Å². The first kappa shape index (κ1) is 20.3. The highest BCUT2D eigenvalue weighted by Crippen LogP contribution is 2.24. The van der Waals surface area contributed by atoms with Crippen molar-refractivity contribution in [1.82, 2.24) is 9.62 Å². The Labute approximate surface area is 178 Å². The third-order valence-corrected chi connectivity index (χ3v) is 7.52. The van der Waals surface area contributed by atoms with Gasteiger partial charge in [0.15, 0.2) is 0 Å². The molecule has 6 N–H and O–H groups in total. The van der Waals surface area contributed by atoms with Gasteiger partial charge in [-0.15, -0.1) is 11.3 Å². The highest BCUT2D eigenvalue weighted by Gasteiger charge is 2.35. The van der Waals surface area contributed by atoms with Gasteiger partial charge in [-0.05, 0) is 58.5 Å². The maximum absolute atomic E-state index is 12.8. The van der Waals surface area contributed by atoms with Crippen molar-refractivity contribution < 1.29 is 13.2 Å². The van der Waals surface area contributed by atoms with Crippen molar-refractivity contribution in [3.8, 4) is 0 Å². The molecule has 156 valence electrons. The van der Waals surface area contributed by atoms with Crippen LogP contribution in [-0.4, -0.2) is 37.6 Å². The number of nitrogens with one attached hydrogen (secondary N) is 2. The minimum absolute atomic E-state index is 0.0114. The summed E-state index contributed by atoms with van der Waals surface area (Å²) in [7, 11) is -3.85. The van der Waals surface area contributed by atoms with Crippen LogP contribution in [0, 0.1) is 5.41 Å². The number of hydrogen-bond acceptors (Lipinski definition) is 6. The number of amides is 1. The Morgan fingerprint density at radius 3 is 2.67 bits per heavy atom. The molecule has 1 atom stereocenters. The van der Waals surface area contributed by atoms with E-state index in [4.69, 9.17) is 16.9 Å². The predicted molar refractivity (Wildman–Crippen MR) is 118 cm³/mol. The SMILES string of the molecule is N=C(N)c1cc(CN2CC[C@H](NS(=O)(=O)c3ccc4cc(N)ccc4c3)C2=O)cs1. The summed E-state index contributed by atoms with van der Waals surface area (Å²) in [6, 6.07) is 11.0. The van der Waals surface area contributed by atoms with E-state index in [-0.39, 0.29) is 16.6 Å². The van der Waals surface area contributed by atoms with E-state index in [1.807, 2.05) is 5.38 Å². The van der Waals surface area contributed by atoms with Crippen molar-refractivity contribution in [3.63, 3.8) is 0 Å². The summed E-state index contributed by atoms with van der Waals surface area (Å²) in [5.74, 6) is -0.273. The molecule has 1 amide bonds. The van der Waals surface area contributed by atoms with Crippen LogP contribution in [0.1, 0.15) is 16.9 Å². The fraction of sp³-hybridized carbons (Fsp3) is 0.200. The Bertz CT molecular complexity index is 1250. The number of carbonyl (C=O) groups is 1. The number of amidine groups is 1. The van der Waals surface area contributed by atoms with Crippen molar-refractivity contribution in [2.24, 2.45) is 5.73 Å². The summed E-state index contributed by atoms with van der Waals surface area (Å²) < 4.78 is 28.2. The van der Waals surface area contributed by atoms with Gasteiger partial charge in [0.05, 0.1) is 9.77 Å². The van der Waals surface area contributed by atoms with Crippen LogP contribution in [0.5, 0.6) is 0 Å². The lowest BCUT2D eigenvalue weighted by atomic mass is 10.1. The third kappa shape index (κ3) is 4.02. The summed E-state index contributed by atoms with van der Waals surface area (Å²) >= 11 is 1.35. The highest BCUT2D eigenvalue weighted by molar-refractivity contribution is 7.89. The Kier molecular flexibility index (Phi) is 5.22. The highest BCUT2D eigenvalue weighted by atomic mass is 32.2. The van der Waals surface area contributed by atoms with Crippen molar-refractivity contribution in [1.29, 1.82) is 5.41 Å². The van der Waals surface area contributed by atoms with Gasteiger partial charge in [0.1, 0.15) is 11.9 Å². The first-order valence-corrected chi connectivity index (χ1v) is 11.6. The van der Waals surface area contributed by atoms with Crippen molar-refractivity contribution >= 4 is 49.6 Å². The Morgan fingerprint density at radius 1 is 1.20 bits per heavy atom. The van der Waals surface area contributed by atoms with E-state index < -0.39 is 16.1 Å². The molecule has 1 aromatic heterocycles. The van der Waals surface area contributed by atoms with E-state index >= 15 is 0 Å². The summed E-state index contributed by atoms with van der Waals surface area (Å²) in [5, 5.41) is 10.9. The topological polar surface area (TPSA) is 142 Å². The zero-order valence-corrected chi connectivity index (χ0v) is 17.6. The average molecular weight is 444 g/mol. The fourth-order valence-electron chi connectivity index (χ4n) is 3.49. The first-order valence-electron chi connectivity index (χ1n) is 9.25. The minimum atomic E-state index is -3.85. The van der Waals surface area contributed by atoms with Gasteiger partial charge >= 0.3 is 0 Å². The number of fused-ring (bicyclic) bond motifs is 1. The van der Waals surface area contributed by atoms with Crippen LogP contribution >= 0.6 is 11.3 Å². The molecule has 0 radical (unpaired) electrons. The van der Waals surface area contributed by atoms with Crippen molar-refractivity contribution in [2.75, 3.05) is 12.3 Å². The summed E-state index contributed by atoms with van der Waals surface area (Å²) in [6.07, 6.45) is 0.395. The van der Waals surface area contributed by atoms with E-state index in [0.29, 0.717) is 30.1 Å². The van der Waals surface area contributed by atoms with Crippen molar-refractivity contribution in [2.45, 2.75) is 23.9 Å². The molecule has 3 aromatic rings. The van der Waals surface area contributed by atoms with Crippen LogP contribution in [0.25, 0.3) is 10.8 Å². The molecule has 0 aliphatic carbocycles. The van der Waals surface area contributed by atoms with Crippen LogP contribution < -0.4 is 16.2 Å². The Hall–Kier alpha value is -2.95. The molecule has 8 nitrogen and oxygen atoms in total. The Morgan fingerprint density at radius 2 is 1.93 bits per heavy atom. The van der Waals surface area contributed by atoms with Crippen LogP contribution in [0.15, 0.2) is 52.7 Å². The zero-order chi connectivity index (χ0) is 21.5. The number of sulfonamides is 1. The van der Waals surface area contributed by atoms with Crippen LogP contribution in [0.4, 0.5) is 5.69 Å². The molecular formula is C20H21N5O3S2. The van der Waals surface area contributed by atoms with Crippen molar-refractivity contribution in [3.05, 3.63) is 58.3 Å². The average Bonchev–Trinajstić information content (AvgIpc) is 3.30. The van der Waals surface area contributed by atoms with Gasteiger partial charge in [0.2, 0.25) is 15.9 Å². The summed E-state index contributed by atoms with van der Waals surface area (Å²) in [6.45, 7) is 0.812. The van der Waals surface area contributed by atoms with E-state index in [9.17, 15) is 13.2 Å². The zero-order valence-electron chi connectivity index (χ0n) is 16.0. The third-order valence-electron chi connectivity index (χ3n) is 5.03. The standard InChI is InChI=1S/C20H21N5O3S2/c21-15-3-1-14-9-16(4-2-13(14)8-15)30(27,28)24-17-5-6-25(20(17)26)10-12-7-18(19(22)23)29-11-12/h1-4,7-9,11,17,24H,5-6,10,21H2,(H3,22,23)/t17-/m0/s1. The Balaban J connectivity index is 1.47. The molecular weight excluding hydrogens is 422 g/mol. The predicted octanol–water partition coefficient (Wildman–Crippen LogP) is 1.85. The fourth-order valence-corrected chi connectivity index (χ4v) is 5.52. The number of carbonyl (C=O) groups excluding carboxylic acids is 1. The number of thiophene rings is 1. The monoisotopic (exact) mass is 443 g/mol. The maximum atomic E-state index is 12.8. The molecule has 0 bridgehead atoms. The largest absolute Gasteiger partial charge is 0.399 e. The molecule has 1 saturated heterocycles. The minimum Gasteiger partial charge on any atom is -0.399 e. The molecule has 1 aliphatic rings. The number of hydrogen-bond donors (Lipinski definition) is 4. The lowest BCUT2D eigenvalue weighted by Gasteiger charge is -2.17. The van der Waals surface area contributed by atoms with E-state index in [1.54, 1.807) is 41.3 Å². The number of anilines is 1. The lowest BCUT2D eigenvalue weighted by molar-refractivity contribution is -0.129. The number of benzene rings is 2. The van der Waals surface area contributed by atoms with E-state index in [1.165, 1.54) is 17.4 Å². The molecule has 0 saturated carbocycles. The van der Waals surface area contributed by atoms with Gasteiger partial charge in [-0.25, -0.2) is 8.42 Å². The molecule has 10 heteroatoms. The number of nitrogens with two attached hydrogens (primary N) is 2. The number of likely N-dealkylation sites (tertiary alicyclic amines) is 1. The van der Waals surface area contributed by atoms with E-state index in [0.717, 1.165) is 16.3 Å². The van der Waals surface area contributed by atoms with Gasteiger partial charge in [0, 0.05) is 18.8 Å². The summed E-state index contributed by atoms with van der Waals surface area (Å²) in [5.41, 5.74) is 12.7. The molecule has 1 aliphatic heterocycles. The van der Waals surface area contributed by atoms with Gasteiger partial charge in [-0.3, -0.25) is 10.2 Å². The maximum Gasteiger partial charge on any atom is 0.241 e. The normalized spacial score (nSPS) is 17.0. The molecule has 4 rings (SSSR count). The van der Waals surface area contributed by atoms with E-state index in [2.05, 4.69) is 4.72 Å². The number of rotatable bonds is 6. The number of nitrogen functional groups attached to an aromatic ring is 2. The smallest absolute Gasteiger partial charge is 0.241 e. The van der Waals surface area contributed by atoms with Crippen LogP contribution in [0.2, 0.25) is 0 Å². The van der Waals surface area contributed by atoms with Gasteiger partial charge in [0.25, 0.3) is 0 Å². The molecule has 2 heterocycles. The summed E-state index contributed by atoms with van der Waals surface area (Å²) in [4.78, 5) is 15.1. The first-order chi connectivity index (χ1) is 14.2. The molecule has 2 aromatic carbocycles. The van der Waals surface area contributed by atoms with Crippen LogP contribution in [-0.2, 0) is 21.4 Å². The van der Waals surface area contributed by atoms with Gasteiger partial charge in [-0.1, -0.05) is 12.1 Å². The van der Waals surface area contributed by atoms with Crippen LogP contribution in [0.3, 0.4) is 0 Å². The molecule has 30 heavy (non-hydrogen) atoms. The molecule has 0 spiro atoms.